The molecule has 0 aliphatic carbocycles. The lowest BCUT2D eigenvalue weighted by molar-refractivity contribution is 0.102. The van der Waals surface area contributed by atoms with E-state index >= 15 is 0 Å². The molecule has 0 atom stereocenters. The van der Waals surface area contributed by atoms with E-state index in [9.17, 15) is 4.79 Å². The van der Waals surface area contributed by atoms with Crippen molar-refractivity contribution >= 4 is 34.5 Å². The molecule has 128 valence electrons. The van der Waals surface area contributed by atoms with Crippen LogP contribution in [0.5, 0.6) is 0 Å². The Morgan fingerprint density at radius 3 is 2.56 bits per heavy atom. The van der Waals surface area contributed by atoms with Gasteiger partial charge in [-0.1, -0.05) is 36.7 Å². The molecule has 0 saturated heterocycles. The molecule has 0 aliphatic heterocycles. The second kappa shape index (κ2) is 7.38. The number of nitrogens with one attached hydrogen (secondary N) is 1. The van der Waals surface area contributed by atoms with Crippen LogP contribution in [-0.2, 0) is 6.42 Å². The number of halogens is 1. The Morgan fingerprint density at radius 1 is 1.16 bits per heavy atom. The van der Waals surface area contributed by atoms with Crippen LogP contribution in [0.4, 0.5) is 5.69 Å². The number of rotatable bonds is 4. The zero-order valence-corrected chi connectivity index (χ0v) is 16.0. The second-order valence-electron chi connectivity index (χ2n) is 5.85. The van der Waals surface area contributed by atoms with E-state index in [-0.39, 0.29) is 5.91 Å². The number of amides is 1. The quantitative estimate of drug-likeness (QED) is 0.621. The Bertz CT molecular complexity index is 916. The highest BCUT2D eigenvalue weighted by molar-refractivity contribution is 7.12. The van der Waals surface area contributed by atoms with Crippen LogP contribution in [0.1, 0.15) is 32.7 Å². The molecule has 3 aromatic rings. The average Bonchev–Trinajstić information content (AvgIpc) is 2.99. The van der Waals surface area contributed by atoms with Gasteiger partial charge < -0.3 is 5.32 Å². The van der Waals surface area contributed by atoms with E-state index in [1.54, 1.807) is 17.4 Å². The molecule has 0 bridgehead atoms. The highest BCUT2D eigenvalue weighted by Crippen LogP contribution is 2.29. The summed E-state index contributed by atoms with van der Waals surface area (Å²) in [5.74, 6) is -0.151. The van der Waals surface area contributed by atoms with E-state index in [1.807, 2.05) is 50.2 Å². The molecule has 0 radical (unpaired) electrons. The van der Waals surface area contributed by atoms with Gasteiger partial charge >= 0.3 is 0 Å². The highest BCUT2D eigenvalue weighted by Gasteiger charge is 2.12. The number of hydrogen-bond donors (Lipinski definition) is 1. The van der Waals surface area contributed by atoms with Gasteiger partial charge in [0.2, 0.25) is 0 Å². The molecule has 0 spiro atoms. The number of hydrogen-bond acceptors (Lipinski definition) is 3. The van der Waals surface area contributed by atoms with E-state index < -0.39 is 0 Å². The van der Waals surface area contributed by atoms with Crippen LogP contribution >= 0.6 is 22.9 Å². The molecule has 0 fully saturated rings. The van der Waals surface area contributed by atoms with Crippen LogP contribution in [0.2, 0.25) is 5.02 Å². The van der Waals surface area contributed by atoms with E-state index in [1.165, 1.54) is 4.88 Å². The van der Waals surface area contributed by atoms with E-state index in [0.717, 1.165) is 33.9 Å². The highest BCUT2D eigenvalue weighted by atomic mass is 35.5. The van der Waals surface area contributed by atoms with Crippen molar-refractivity contribution in [2.45, 2.75) is 27.2 Å². The van der Waals surface area contributed by atoms with Gasteiger partial charge in [-0.3, -0.25) is 4.79 Å². The topological polar surface area (TPSA) is 42.0 Å². The zero-order chi connectivity index (χ0) is 18.0. The van der Waals surface area contributed by atoms with Crippen LogP contribution < -0.4 is 5.32 Å². The van der Waals surface area contributed by atoms with Gasteiger partial charge in [0.05, 0.1) is 10.7 Å². The van der Waals surface area contributed by atoms with Gasteiger partial charge in [0, 0.05) is 26.7 Å². The Hall–Kier alpha value is -2.17. The first kappa shape index (κ1) is 17.6. The van der Waals surface area contributed by atoms with E-state index in [0.29, 0.717) is 10.6 Å². The molecule has 5 heteroatoms. The van der Waals surface area contributed by atoms with E-state index in [4.69, 9.17) is 11.6 Å². The van der Waals surface area contributed by atoms with Gasteiger partial charge in [0.25, 0.3) is 5.91 Å². The van der Waals surface area contributed by atoms with Gasteiger partial charge in [0.15, 0.2) is 0 Å². The third kappa shape index (κ3) is 3.91. The maximum atomic E-state index is 12.5. The summed E-state index contributed by atoms with van der Waals surface area (Å²) >= 11 is 7.73. The monoisotopic (exact) mass is 370 g/mol. The summed E-state index contributed by atoms with van der Waals surface area (Å²) in [6.07, 6.45) is 0.955. The standard InChI is InChI=1S/C20H19ClN2OS/c1-4-18-19(22-13(3)25-18)14-6-8-15(9-7-14)20(24)23-17-11-16(21)10-5-12(17)2/h5-11H,4H2,1-3H3,(H,23,24). The number of carbonyl (C=O) groups is 1. The van der Waals surface area contributed by atoms with Crippen molar-refractivity contribution in [3.8, 4) is 11.3 Å². The van der Waals surface area contributed by atoms with Crippen molar-refractivity contribution in [3.05, 3.63) is 68.5 Å². The van der Waals surface area contributed by atoms with E-state index in [2.05, 4.69) is 17.2 Å². The summed E-state index contributed by atoms with van der Waals surface area (Å²) in [6.45, 7) is 6.08. The van der Waals surface area contributed by atoms with Gasteiger partial charge in [-0.05, 0) is 50.1 Å². The Balaban J connectivity index is 1.82. The third-order valence-electron chi connectivity index (χ3n) is 3.99. The first-order valence-electron chi connectivity index (χ1n) is 8.12. The molecule has 1 amide bonds. The van der Waals surface area contributed by atoms with Gasteiger partial charge in [-0.15, -0.1) is 11.3 Å². The smallest absolute Gasteiger partial charge is 0.255 e. The summed E-state index contributed by atoms with van der Waals surface area (Å²) in [4.78, 5) is 18.4. The maximum Gasteiger partial charge on any atom is 0.255 e. The molecular formula is C20H19ClN2OS. The SMILES string of the molecule is CCc1sc(C)nc1-c1ccc(C(=O)Nc2cc(Cl)ccc2C)cc1. The zero-order valence-electron chi connectivity index (χ0n) is 14.4. The van der Waals surface area contributed by atoms with Crippen LogP contribution in [0.15, 0.2) is 42.5 Å². The molecule has 3 nitrogen and oxygen atoms in total. The molecular weight excluding hydrogens is 352 g/mol. The van der Waals surface area contributed by atoms with Crippen LogP contribution in [0, 0.1) is 13.8 Å². The lowest BCUT2D eigenvalue weighted by atomic mass is 10.1. The van der Waals surface area contributed by atoms with Crippen molar-refractivity contribution in [1.82, 2.24) is 4.98 Å². The number of benzene rings is 2. The molecule has 0 saturated carbocycles. The Kier molecular flexibility index (Phi) is 5.21. The molecule has 3 rings (SSSR count). The number of carbonyl (C=O) groups excluding carboxylic acids is 1. The Labute approximate surface area is 156 Å². The van der Waals surface area contributed by atoms with Crippen molar-refractivity contribution < 1.29 is 4.79 Å². The number of anilines is 1. The molecule has 1 heterocycles. The van der Waals surface area contributed by atoms with Gasteiger partial charge in [-0.2, -0.15) is 0 Å². The number of nitrogens with zero attached hydrogens (tertiary/aromatic N) is 1. The number of aryl methyl sites for hydroxylation is 3. The molecule has 0 unspecified atom stereocenters. The fourth-order valence-corrected chi connectivity index (χ4v) is 3.71. The van der Waals surface area contributed by atoms with Crippen LogP contribution in [0.25, 0.3) is 11.3 Å². The minimum atomic E-state index is -0.151. The summed E-state index contributed by atoms with van der Waals surface area (Å²) in [5.41, 5.74) is 4.36. The maximum absolute atomic E-state index is 12.5. The summed E-state index contributed by atoms with van der Waals surface area (Å²) < 4.78 is 0. The lowest BCUT2D eigenvalue weighted by Gasteiger charge is -2.09. The van der Waals surface area contributed by atoms with Crippen LogP contribution in [0.3, 0.4) is 0 Å². The summed E-state index contributed by atoms with van der Waals surface area (Å²) in [6, 6.07) is 13.0. The predicted molar refractivity (Wildman–Crippen MR) is 106 cm³/mol. The average molecular weight is 371 g/mol. The normalized spacial score (nSPS) is 10.7. The van der Waals surface area contributed by atoms with Crippen molar-refractivity contribution in [1.29, 1.82) is 0 Å². The molecule has 0 aliphatic rings. The molecule has 2 aromatic carbocycles. The van der Waals surface area contributed by atoms with Crippen molar-refractivity contribution in [2.75, 3.05) is 5.32 Å². The molecule has 25 heavy (non-hydrogen) atoms. The summed E-state index contributed by atoms with van der Waals surface area (Å²) in [7, 11) is 0. The van der Waals surface area contributed by atoms with Gasteiger partial charge in [0.1, 0.15) is 0 Å². The summed E-state index contributed by atoms with van der Waals surface area (Å²) in [5, 5.41) is 4.58. The third-order valence-corrected chi connectivity index (χ3v) is 5.34. The fraction of sp³-hybridized carbons (Fsp3) is 0.200. The van der Waals surface area contributed by atoms with Gasteiger partial charge in [-0.25, -0.2) is 4.98 Å². The first-order valence-corrected chi connectivity index (χ1v) is 9.31. The molecule has 1 N–H and O–H groups in total. The predicted octanol–water partition coefficient (Wildman–Crippen LogP) is 5.90. The number of aromatic nitrogens is 1. The Morgan fingerprint density at radius 2 is 1.88 bits per heavy atom. The number of thiazole rings is 1. The first-order chi connectivity index (χ1) is 12.0. The minimum absolute atomic E-state index is 0.151. The van der Waals surface area contributed by atoms with Crippen molar-refractivity contribution in [3.63, 3.8) is 0 Å². The fourth-order valence-electron chi connectivity index (χ4n) is 2.64. The second-order valence-corrected chi connectivity index (χ2v) is 7.57. The van der Waals surface area contributed by atoms with Crippen LogP contribution in [-0.4, -0.2) is 10.9 Å². The molecule has 1 aromatic heterocycles. The minimum Gasteiger partial charge on any atom is -0.322 e. The van der Waals surface area contributed by atoms with Crippen molar-refractivity contribution in [2.24, 2.45) is 0 Å². The lowest BCUT2D eigenvalue weighted by Crippen LogP contribution is -2.12. The largest absolute Gasteiger partial charge is 0.322 e.